The van der Waals surface area contributed by atoms with Gasteiger partial charge in [-0.05, 0) is 96.0 Å². The highest BCUT2D eigenvalue weighted by molar-refractivity contribution is 7.45. The Balaban J connectivity index is 5.44. The van der Waals surface area contributed by atoms with E-state index in [9.17, 15) is 19.0 Å². The van der Waals surface area contributed by atoms with E-state index in [4.69, 9.17) is 13.8 Å². The Bertz CT molecular complexity index is 1610. The number of carbonyl (C=O) groups is 2. The Morgan fingerprint density at radius 2 is 0.867 bits per heavy atom. The van der Waals surface area contributed by atoms with Crippen LogP contribution in [0, 0.1) is 0 Å². The molecule has 0 aromatic carbocycles. The van der Waals surface area contributed by atoms with Gasteiger partial charge in [-0.1, -0.05) is 240 Å². The first kappa shape index (κ1) is 71.9. The Morgan fingerprint density at radius 1 is 0.480 bits per heavy atom. The van der Waals surface area contributed by atoms with E-state index in [1.54, 1.807) is 6.08 Å². The normalized spacial score (nSPS) is 14.4. The number of hydrogen-bond donors (Lipinski definition) is 1. The largest absolute Gasteiger partial charge is 0.756 e. The van der Waals surface area contributed by atoms with Crippen molar-refractivity contribution in [2.24, 2.45) is 0 Å². The van der Waals surface area contributed by atoms with Crippen molar-refractivity contribution in [1.29, 1.82) is 0 Å². The number of nitrogens with one attached hydrogen (secondary N) is 1. The number of carbonyl (C=O) groups excluding carboxylic acids is 2. The average molecular weight is 1070 g/mol. The first-order valence-corrected chi connectivity index (χ1v) is 32.0. The zero-order valence-corrected chi connectivity index (χ0v) is 50.1. The summed E-state index contributed by atoms with van der Waals surface area (Å²) in [6, 6.07) is -0.926. The van der Waals surface area contributed by atoms with Gasteiger partial charge in [0.1, 0.15) is 19.3 Å². The third-order valence-corrected chi connectivity index (χ3v) is 14.0. The van der Waals surface area contributed by atoms with Gasteiger partial charge in [-0.15, -0.1) is 0 Å². The van der Waals surface area contributed by atoms with E-state index < -0.39 is 32.5 Å². The predicted molar refractivity (Wildman–Crippen MR) is 321 cm³/mol. The van der Waals surface area contributed by atoms with Gasteiger partial charge < -0.3 is 28.5 Å². The number of unbranched alkanes of at least 4 members (excludes halogenated alkanes) is 24. The number of quaternary nitrogens is 1. The van der Waals surface area contributed by atoms with Crippen molar-refractivity contribution < 1.29 is 37.3 Å². The van der Waals surface area contributed by atoms with Crippen LogP contribution >= 0.6 is 7.82 Å². The third-order valence-electron chi connectivity index (χ3n) is 13.0. The highest BCUT2D eigenvalue weighted by atomic mass is 31.2. The molecule has 75 heavy (non-hydrogen) atoms. The summed E-state index contributed by atoms with van der Waals surface area (Å²) >= 11 is 0. The van der Waals surface area contributed by atoms with Gasteiger partial charge in [0.25, 0.3) is 7.82 Å². The maximum absolute atomic E-state index is 13.5. The molecular formula is C65H115N2O7P. The SMILES string of the molecule is CC/C=C\C/C=C\C/C=C\C/C=C\C/C=C\C/C=C\CCC(=O)OC(/C=C/CCCCCCCCCCCCC)C(COP(=O)([O-])OCC[N+](C)(C)C)NC(=O)CCCCCCCCC/C=C/CCCCCCCC. The van der Waals surface area contributed by atoms with Crippen LogP contribution in [-0.2, 0) is 27.9 Å². The van der Waals surface area contributed by atoms with Crippen LogP contribution in [0.15, 0.2) is 97.2 Å². The summed E-state index contributed by atoms with van der Waals surface area (Å²) in [4.78, 5) is 39.9. The van der Waals surface area contributed by atoms with Gasteiger partial charge in [-0.2, -0.15) is 0 Å². The Morgan fingerprint density at radius 3 is 1.31 bits per heavy atom. The summed E-state index contributed by atoms with van der Waals surface area (Å²) < 4.78 is 30.2. The van der Waals surface area contributed by atoms with Crippen LogP contribution in [0.3, 0.4) is 0 Å². The molecule has 3 unspecified atom stereocenters. The zero-order valence-electron chi connectivity index (χ0n) is 49.2. The molecule has 0 aliphatic heterocycles. The standard InChI is InChI=1S/C65H115N2O7P/c1-7-10-13-16-19-22-25-28-30-32-33-35-37-40-43-46-49-52-55-58-65(69)74-63(56-53-50-47-44-41-38-27-24-21-18-15-12-9-3)62(61-73-75(70,71)72-60-59-67(4,5)6)66-64(68)57-54-51-48-45-42-39-36-34-31-29-26-23-20-17-14-11-8-2/h10,13,19,22,28-31,33,35,40,43,49,52-53,56,62-63H,7-9,11-12,14-18,20-21,23-27,32,34,36-39,41-42,44-48,50-51,54-55,57-61H2,1-6H3,(H-,66,68,70,71)/b13-10-,22-19-,30-28-,31-29+,35-33-,43-40-,52-49-,56-53+. The Kier molecular flexibility index (Phi) is 52.1. The number of hydrogen-bond acceptors (Lipinski definition) is 7. The van der Waals surface area contributed by atoms with E-state index in [2.05, 4.69) is 99.0 Å². The van der Waals surface area contributed by atoms with Gasteiger partial charge >= 0.3 is 5.97 Å². The van der Waals surface area contributed by atoms with E-state index in [1.807, 2.05) is 39.4 Å². The van der Waals surface area contributed by atoms with Crippen LogP contribution in [-0.4, -0.2) is 69.4 Å². The average Bonchev–Trinajstić information content (AvgIpc) is 3.37. The summed E-state index contributed by atoms with van der Waals surface area (Å²) in [5.41, 5.74) is 0. The highest BCUT2D eigenvalue weighted by Crippen LogP contribution is 2.38. The molecule has 0 aliphatic rings. The van der Waals surface area contributed by atoms with Crippen molar-refractivity contribution in [2.45, 2.75) is 264 Å². The number of esters is 1. The number of rotatable bonds is 54. The van der Waals surface area contributed by atoms with Crippen LogP contribution in [0.1, 0.15) is 252 Å². The number of amides is 1. The molecule has 0 radical (unpaired) electrons. The molecule has 0 heterocycles. The molecule has 0 saturated carbocycles. The fourth-order valence-electron chi connectivity index (χ4n) is 8.31. The quantitative estimate of drug-likeness (QED) is 0.0212. The van der Waals surface area contributed by atoms with Gasteiger partial charge in [-0.3, -0.25) is 14.2 Å². The summed E-state index contributed by atoms with van der Waals surface area (Å²) in [5, 5.41) is 3.00. The molecule has 9 nitrogen and oxygen atoms in total. The molecule has 0 bridgehead atoms. The van der Waals surface area contributed by atoms with Crippen molar-refractivity contribution in [3.05, 3.63) is 97.2 Å². The van der Waals surface area contributed by atoms with Crippen molar-refractivity contribution in [1.82, 2.24) is 5.32 Å². The molecular weight excluding hydrogens is 952 g/mol. The van der Waals surface area contributed by atoms with Crippen molar-refractivity contribution >= 4 is 19.7 Å². The maximum Gasteiger partial charge on any atom is 0.306 e. The minimum Gasteiger partial charge on any atom is -0.756 e. The summed E-state index contributed by atoms with van der Waals surface area (Å²) in [5.74, 6) is -0.646. The van der Waals surface area contributed by atoms with Gasteiger partial charge in [-0.25, -0.2) is 0 Å². The number of ether oxygens (including phenoxy) is 1. The fourth-order valence-corrected chi connectivity index (χ4v) is 9.03. The molecule has 0 rings (SSSR count). The van der Waals surface area contributed by atoms with Crippen molar-refractivity contribution in [3.63, 3.8) is 0 Å². The van der Waals surface area contributed by atoms with Crippen LogP contribution < -0.4 is 10.2 Å². The molecule has 0 fully saturated rings. The molecule has 0 aliphatic carbocycles. The van der Waals surface area contributed by atoms with Crippen molar-refractivity contribution in [2.75, 3.05) is 40.9 Å². The van der Waals surface area contributed by atoms with E-state index in [0.29, 0.717) is 23.9 Å². The van der Waals surface area contributed by atoms with Gasteiger partial charge in [0.2, 0.25) is 5.91 Å². The third kappa shape index (κ3) is 55.5. The molecule has 432 valence electrons. The number of phosphoric ester groups is 1. The summed E-state index contributed by atoms with van der Waals surface area (Å²) in [6.07, 6.45) is 72.4. The van der Waals surface area contributed by atoms with Gasteiger partial charge in [0.05, 0.1) is 33.8 Å². The molecule has 10 heteroatoms. The van der Waals surface area contributed by atoms with Crippen LogP contribution in [0.4, 0.5) is 0 Å². The minimum absolute atomic E-state index is 0.0382. The van der Waals surface area contributed by atoms with E-state index in [-0.39, 0.29) is 18.9 Å². The lowest BCUT2D eigenvalue weighted by atomic mass is 10.0. The number of nitrogens with zero attached hydrogens (tertiary/aromatic N) is 1. The van der Waals surface area contributed by atoms with Crippen LogP contribution in [0.25, 0.3) is 0 Å². The highest BCUT2D eigenvalue weighted by Gasteiger charge is 2.27. The maximum atomic E-state index is 13.5. The molecule has 0 aromatic rings. The first-order valence-electron chi connectivity index (χ1n) is 30.5. The first-order chi connectivity index (χ1) is 36.4. The molecule has 1 amide bonds. The van der Waals surface area contributed by atoms with Crippen LogP contribution in [0.2, 0.25) is 0 Å². The fraction of sp³-hybridized carbons (Fsp3) is 0.723. The number of phosphoric acid groups is 1. The summed E-state index contributed by atoms with van der Waals surface area (Å²) in [6.45, 7) is 6.67. The Hall–Kier alpha value is -3.07. The second-order valence-electron chi connectivity index (χ2n) is 21.5. The lowest BCUT2D eigenvalue weighted by molar-refractivity contribution is -0.870. The topological polar surface area (TPSA) is 114 Å². The summed E-state index contributed by atoms with van der Waals surface area (Å²) in [7, 11) is 1.13. The predicted octanol–water partition coefficient (Wildman–Crippen LogP) is 18.1. The monoisotopic (exact) mass is 1070 g/mol. The molecule has 3 atom stereocenters. The van der Waals surface area contributed by atoms with Crippen molar-refractivity contribution in [3.8, 4) is 0 Å². The van der Waals surface area contributed by atoms with E-state index in [1.165, 1.54) is 122 Å². The van der Waals surface area contributed by atoms with E-state index in [0.717, 1.165) is 89.9 Å². The minimum atomic E-state index is -4.72. The van der Waals surface area contributed by atoms with Crippen LogP contribution in [0.5, 0.6) is 0 Å². The van der Waals surface area contributed by atoms with E-state index >= 15 is 0 Å². The number of likely N-dealkylation sites (N-methyl/N-ethyl adjacent to an activating group) is 1. The molecule has 0 aromatic heterocycles. The Labute approximate surface area is 462 Å². The molecule has 0 saturated heterocycles. The number of allylic oxidation sites excluding steroid dienone is 15. The lowest BCUT2D eigenvalue weighted by Gasteiger charge is -2.30. The zero-order chi connectivity index (χ0) is 55.0. The smallest absolute Gasteiger partial charge is 0.306 e. The lowest BCUT2D eigenvalue weighted by Crippen LogP contribution is -2.47. The van der Waals surface area contributed by atoms with Gasteiger partial charge in [0, 0.05) is 12.8 Å². The second kappa shape index (κ2) is 54.3. The van der Waals surface area contributed by atoms with Gasteiger partial charge in [0.15, 0.2) is 0 Å². The molecule has 0 spiro atoms. The molecule has 1 N–H and O–H groups in total. The second-order valence-corrected chi connectivity index (χ2v) is 22.9.